The Kier molecular flexibility index (Phi) is 4.37. The third kappa shape index (κ3) is 3.37. The maximum Gasteiger partial charge on any atom is 0.416 e. The van der Waals surface area contributed by atoms with Crippen molar-refractivity contribution in [3.8, 4) is 5.69 Å². The number of aromatic nitrogens is 2. The van der Waals surface area contributed by atoms with Crippen molar-refractivity contribution in [3.63, 3.8) is 0 Å². The highest BCUT2D eigenvalue weighted by Crippen LogP contribution is 2.31. The molecule has 1 amide bonds. The Morgan fingerprint density at radius 3 is 2.54 bits per heavy atom. The molecule has 0 aliphatic rings. The first-order chi connectivity index (χ1) is 12.3. The fraction of sp³-hybridized carbons (Fsp3) is 0.0588. The molecule has 134 valence electrons. The van der Waals surface area contributed by atoms with Gasteiger partial charge in [0.05, 0.1) is 11.8 Å². The number of amides is 1. The number of nitrogens with one attached hydrogen (secondary N) is 1. The largest absolute Gasteiger partial charge is 0.416 e. The lowest BCUT2D eigenvalue weighted by molar-refractivity contribution is -0.137. The molecule has 0 saturated heterocycles. The summed E-state index contributed by atoms with van der Waals surface area (Å²) in [6.07, 6.45) is -3.42. The molecule has 0 atom stereocenters. The van der Waals surface area contributed by atoms with Crippen LogP contribution in [0.5, 0.6) is 0 Å². The molecule has 3 aromatic rings. The van der Waals surface area contributed by atoms with Gasteiger partial charge in [-0.1, -0.05) is 18.2 Å². The molecular formula is C17H12F4N4O. The summed E-state index contributed by atoms with van der Waals surface area (Å²) in [4.78, 5) is 12.3. The molecule has 0 aliphatic heterocycles. The van der Waals surface area contributed by atoms with Crippen molar-refractivity contribution >= 4 is 17.4 Å². The van der Waals surface area contributed by atoms with E-state index in [1.54, 1.807) is 6.07 Å². The van der Waals surface area contributed by atoms with E-state index in [2.05, 4.69) is 10.4 Å². The minimum atomic E-state index is -4.53. The van der Waals surface area contributed by atoms with Gasteiger partial charge >= 0.3 is 6.18 Å². The van der Waals surface area contributed by atoms with Gasteiger partial charge in [-0.25, -0.2) is 9.07 Å². The van der Waals surface area contributed by atoms with E-state index >= 15 is 0 Å². The molecule has 0 unspecified atom stereocenters. The third-order valence-corrected chi connectivity index (χ3v) is 3.58. The predicted octanol–water partition coefficient (Wildman–Crippen LogP) is 3.86. The zero-order valence-corrected chi connectivity index (χ0v) is 13.1. The van der Waals surface area contributed by atoms with Gasteiger partial charge < -0.3 is 11.1 Å². The number of para-hydroxylation sites is 1. The number of halogens is 4. The molecule has 3 N–H and O–H groups in total. The van der Waals surface area contributed by atoms with Gasteiger partial charge in [-0.3, -0.25) is 4.79 Å². The Morgan fingerprint density at radius 2 is 1.85 bits per heavy atom. The molecule has 0 spiro atoms. The van der Waals surface area contributed by atoms with Gasteiger partial charge in [-0.15, -0.1) is 0 Å². The lowest BCUT2D eigenvalue weighted by atomic mass is 10.2. The van der Waals surface area contributed by atoms with Crippen molar-refractivity contribution < 1.29 is 22.4 Å². The average molecular weight is 364 g/mol. The van der Waals surface area contributed by atoms with Crippen LogP contribution in [0.1, 0.15) is 15.9 Å². The highest BCUT2D eigenvalue weighted by molar-refractivity contribution is 6.07. The van der Waals surface area contributed by atoms with Crippen molar-refractivity contribution in [3.05, 3.63) is 71.7 Å². The second kappa shape index (κ2) is 6.51. The molecule has 0 fully saturated rings. The summed E-state index contributed by atoms with van der Waals surface area (Å²) in [5.41, 5.74) is 4.85. The van der Waals surface area contributed by atoms with Gasteiger partial charge in [0.25, 0.3) is 5.91 Å². The second-order valence-corrected chi connectivity index (χ2v) is 5.34. The van der Waals surface area contributed by atoms with Crippen LogP contribution in [-0.2, 0) is 6.18 Å². The molecule has 2 aromatic carbocycles. The van der Waals surface area contributed by atoms with E-state index in [1.807, 2.05) is 0 Å². The minimum Gasteiger partial charge on any atom is -0.383 e. The molecule has 5 nitrogen and oxygen atoms in total. The number of carbonyl (C=O) groups excluding carboxylic acids is 1. The molecule has 0 saturated carbocycles. The van der Waals surface area contributed by atoms with Crippen LogP contribution in [0.25, 0.3) is 5.69 Å². The lowest BCUT2D eigenvalue weighted by Gasteiger charge is -2.10. The maximum absolute atomic E-state index is 13.8. The van der Waals surface area contributed by atoms with Crippen LogP contribution in [0, 0.1) is 5.82 Å². The number of carbonyl (C=O) groups is 1. The third-order valence-electron chi connectivity index (χ3n) is 3.58. The van der Waals surface area contributed by atoms with Gasteiger partial charge in [0.15, 0.2) is 0 Å². The summed E-state index contributed by atoms with van der Waals surface area (Å²) >= 11 is 0. The van der Waals surface area contributed by atoms with Crippen molar-refractivity contribution in [2.24, 2.45) is 0 Å². The van der Waals surface area contributed by atoms with Crippen LogP contribution in [0.3, 0.4) is 0 Å². The Balaban J connectivity index is 1.87. The maximum atomic E-state index is 13.8. The second-order valence-electron chi connectivity index (χ2n) is 5.34. The number of hydrogen-bond acceptors (Lipinski definition) is 3. The first-order valence-electron chi connectivity index (χ1n) is 7.34. The number of anilines is 2. The Hall–Kier alpha value is -3.36. The molecule has 0 bridgehead atoms. The average Bonchev–Trinajstić information content (AvgIpc) is 2.96. The summed E-state index contributed by atoms with van der Waals surface area (Å²) in [6, 6.07) is 9.86. The van der Waals surface area contributed by atoms with Crippen molar-refractivity contribution in [1.29, 1.82) is 0 Å². The van der Waals surface area contributed by atoms with Gasteiger partial charge in [-0.05, 0) is 30.3 Å². The van der Waals surface area contributed by atoms with Gasteiger partial charge in [0.2, 0.25) is 0 Å². The topological polar surface area (TPSA) is 72.9 Å². The molecule has 26 heavy (non-hydrogen) atoms. The van der Waals surface area contributed by atoms with E-state index in [9.17, 15) is 22.4 Å². The zero-order chi connectivity index (χ0) is 18.9. The van der Waals surface area contributed by atoms with E-state index in [0.29, 0.717) is 0 Å². The van der Waals surface area contributed by atoms with E-state index in [4.69, 9.17) is 5.73 Å². The number of benzene rings is 2. The number of nitrogens with zero attached hydrogens (tertiary/aromatic N) is 2. The number of hydrogen-bond donors (Lipinski definition) is 2. The highest BCUT2D eigenvalue weighted by atomic mass is 19.4. The monoisotopic (exact) mass is 364 g/mol. The van der Waals surface area contributed by atoms with E-state index in [-0.39, 0.29) is 22.8 Å². The molecular weight excluding hydrogens is 352 g/mol. The normalized spacial score (nSPS) is 11.4. The SMILES string of the molecule is Nc1c(C(=O)Nc2cccc(C(F)(F)F)c2)cnn1-c1ccccc1F. The van der Waals surface area contributed by atoms with E-state index in [1.165, 1.54) is 30.3 Å². The number of rotatable bonds is 3. The molecule has 9 heteroatoms. The smallest absolute Gasteiger partial charge is 0.383 e. The van der Waals surface area contributed by atoms with Gasteiger partial charge in [0, 0.05) is 5.69 Å². The number of nitrogens with two attached hydrogens (primary N) is 1. The van der Waals surface area contributed by atoms with Crippen molar-refractivity contribution in [2.75, 3.05) is 11.1 Å². The van der Waals surface area contributed by atoms with E-state index < -0.39 is 23.5 Å². The van der Waals surface area contributed by atoms with Crippen LogP contribution in [0.15, 0.2) is 54.7 Å². The first-order valence-corrected chi connectivity index (χ1v) is 7.34. The summed E-state index contributed by atoms with van der Waals surface area (Å²) in [5.74, 6) is -1.49. The molecule has 1 aromatic heterocycles. The summed E-state index contributed by atoms with van der Waals surface area (Å²) in [6.45, 7) is 0. The standard InChI is InChI=1S/C17H12F4N4O/c18-13-6-1-2-7-14(13)25-15(22)12(9-23-25)16(26)24-11-5-3-4-10(8-11)17(19,20)21/h1-9H,22H2,(H,24,26). The number of alkyl halides is 3. The Morgan fingerprint density at radius 1 is 1.12 bits per heavy atom. The van der Waals surface area contributed by atoms with Crippen LogP contribution in [0.4, 0.5) is 29.1 Å². The Bertz CT molecular complexity index is 965. The van der Waals surface area contributed by atoms with Gasteiger partial charge in [0.1, 0.15) is 22.9 Å². The summed E-state index contributed by atoms with van der Waals surface area (Å²) in [5, 5.41) is 6.20. The molecule has 3 rings (SSSR count). The van der Waals surface area contributed by atoms with Crippen molar-refractivity contribution in [1.82, 2.24) is 9.78 Å². The predicted molar refractivity (Wildman–Crippen MR) is 87.3 cm³/mol. The van der Waals surface area contributed by atoms with Crippen LogP contribution in [0.2, 0.25) is 0 Å². The summed E-state index contributed by atoms with van der Waals surface area (Å²) < 4.78 is 53.1. The highest BCUT2D eigenvalue weighted by Gasteiger charge is 2.30. The van der Waals surface area contributed by atoms with Gasteiger partial charge in [-0.2, -0.15) is 18.3 Å². The van der Waals surface area contributed by atoms with E-state index in [0.717, 1.165) is 23.0 Å². The molecule has 0 radical (unpaired) electrons. The minimum absolute atomic E-state index is 0.0446. The Labute approximate surface area is 145 Å². The van der Waals surface area contributed by atoms with Crippen LogP contribution >= 0.6 is 0 Å². The van der Waals surface area contributed by atoms with Crippen LogP contribution in [-0.4, -0.2) is 15.7 Å². The molecule has 1 heterocycles. The number of nitrogen functional groups attached to an aromatic ring is 1. The zero-order valence-electron chi connectivity index (χ0n) is 13.1. The molecule has 0 aliphatic carbocycles. The summed E-state index contributed by atoms with van der Waals surface area (Å²) in [7, 11) is 0. The fourth-order valence-corrected chi connectivity index (χ4v) is 2.32. The quantitative estimate of drug-likeness (QED) is 0.693. The van der Waals surface area contributed by atoms with Crippen molar-refractivity contribution in [2.45, 2.75) is 6.18 Å². The lowest BCUT2D eigenvalue weighted by Crippen LogP contribution is -2.15. The first kappa shape index (κ1) is 17.5. The van der Waals surface area contributed by atoms with Crippen LogP contribution < -0.4 is 11.1 Å². The fourth-order valence-electron chi connectivity index (χ4n) is 2.32.